The lowest BCUT2D eigenvalue weighted by Gasteiger charge is -2.07. The fraction of sp³-hybridized carbons (Fsp3) is 0.200. The largest absolute Gasteiger partial charge is 0.324 e. The number of rotatable bonds is 3. The first-order valence-corrected chi connectivity index (χ1v) is 4.30. The quantitative estimate of drug-likeness (QED) is 0.608. The zero-order chi connectivity index (χ0) is 11.4. The molecule has 5 heteroatoms. The topological polar surface area (TPSA) is 75.6 Å². The van der Waals surface area contributed by atoms with E-state index in [4.69, 9.17) is 0 Å². The molecule has 0 atom stereocenters. The van der Waals surface area contributed by atoms with Gasteiger partial charge in [-0.25, -0.2) is 0 Å². The van der Waals surface area contributed by atoms with E-state index in [2.05, 4.69) is 10.5 Å². The minimum atomic E-state index is -0.319. The Morgan fingerprint density at radius 1 is 1.47 bits per heavy atom. The molecule has 0 aliphatic carbocycles. The van der Waals surface area contributed by atoms with Crippen LogP contribution in [0.4, 0.5) is 11.4 Å². The molecule has 5 nitrogen and oxygen atoms in total. The predicted octanol–water partition coefficient (Wildman–Crippen LogP) is 2.16. The Morgan fingerprint density at radius 3 is 2.60 bits per heavy atom. The maximum atomic E-state index is 10.8. The zero-order valence-electron chi connectivity index (χ0n) is 8.40. The Hall–Kier alpha value is -2.04. The van der Waals surface area contributed by atoms with Crippen LogP contribution in [0.15, 0.2) is 17.3 Å². The van der Waals surface area contributed by atoms with Gasteiger partial charge in [-0.3, -0.25) is 9.59 Å². The molecule has 0 aliphatic rings. The number of nitrogens with one attached hydrogen (secondary N) is 1. The lowest BCUT2D eigenvalue weighted by molar-refractivity contribution is -0.114. The van der Waals surface area contributed by atoms with Crippen molar-refractivity contribution in [1.82, 2.24) is 0 Å². The van der Waals surface area contributed by atoms with Crippen molar-refractivity contribution in [2.75, 3.05) is 5.32 Å². The number of nitrogens with zero attached hydrogens (tertiary/aromatic N) is 1. The standard InChI is InChI=1S/C10H10N2O3/c1-6-3-4-9(11-7(2)14)10(12-15)8(6)5-13/h3-5H,1-2H3,(H,11,14). The Labute approximate surface area is 86.5 Å². The van der Waals surface area contributed by atoms with Gasteiger partial charge in [0, 0.05) is 12.5 Å². The summed E-state index contributed by atoms with van der Waals surface area (Å²) in [5, 5.41) is 5.19. The van der Waals surface area contributed by atoms with Gasteiger partial charge in [0.05, 0.1) is 5.69 Å². The minimum Gasteiger partial charge on any atom is -0.324 e. The molecule has 1 N–H and O–H groups in total. The molecule has 0 aliphatic heterocycles. The van der Waals surface area contributed by atoms with Crippen molar-refractivity contribution in [3.05, 3.63) is 28.2 Å². The van der Waals surface area contributed by atoms with E-state index < -0.39 is 0 Å². The lowest BCUT2D eigenvalue weighted by atomic mass is 10.1. The van der Waals surface area contributed by atoms with E-state index in [0.29, 0.717) is 11.8 Å². The van der Waals surface area contributed by atoms with Crippen molar-refractivity contribution in [1.29, 1.82) is 0 Å². The molecule has 0 saturated carbocycles. The minimum absolute atomic E-state index is 0.0276. The number of amides is 1. The molecule has 0 radical (unpaired) electrons. The van der Waals surface area contributed by atoms with Gasteiger partial charge in [0.15, 0.2) is 6.29 Å². The Kier molecular flexibility index (Phi) is 3.28. The summed E-state index contributed by atoms with van der Waals surface area (Å²) < 4.78 is 0. The third-order valence-electron chi connectivity index (χ3n) is 1.95. The van der Waals surface area contributed by atoms with E-state index in [1.807, 2.05) is 0 Å². The van der Waals surface area contributed by atoms with Crippen LogP contribution in [0.3, 0.4) is 0 Å². The summed E-state index contributed by atoms with van der Waals surface area (Å²) in [4.78, 5) is 32.1. The van der Waals surface area contributed by atoms with E-state index in [-0.39, 0.29) is 22.8 Å². The molecular weight excluding hydrogens is 196 g/mol. The average molecular weight is 206 g/mol. The van der Waals surface area contributed by atoms with Crippen LogP contribution in [0.5, 0.6) is 0 Å². The molecule has 0 aromatic heterocycles. The van der Waals surface area contributed by atoms with Gasteiger partial charge in [-0.1, -0.05) is 6.07 Å². The van der Waals surface area contributed by atoms with E-state index >= 15 is 0 Å². The number of carbonyl (C=O) groups excluding carboxylic acids is 2. The smallest absolute Gasteiger partial charge is 0.221 e. The lowest BCUT2D eigenvalue weighted by Crippen LogP contribution is -2.06. The van der Waals surface area contributed by atoms with Crippen LogP contribution in [0.2, 0.25) is 0 Å². The highest BCUT2D eigenvalue weighted by Gasteiger charge is 2.12. The Morgan fingerprint density at radius 2 is 2.13 bits per heavy atom. The number of hydrogen-bond donors (Lipinski definition) is 1. The highest BCUT2D eigenvalue weighted by molar-refractivity contribution is 5.97. The molecule has 0 heterocycles. The Balaban J connectivity index is 3.34. The zero-order valence-corrected chi connectivity index (χ0v) is 8.40. The maximum absolute atomic E-state index is 10.8. The number of aryl methyl sites for hydroxylation is 1. The summed E-state index contributed by atoms with van der Waals surface area (Å²) in [5.74, 6) is -0.319. The van der Waals surface area contributed by atoms with Crippen molar-refractivity contribution < 1.29 is 9.59 Å². The first-order valence-electron chi connectivity index (χ1n) is 4.30. The second-order valence-electron chi connectivity index (χ2n) is 3.08. The van der Waals surface area contributed by atoms with Crippen LogP contribution < -0.4 is 5.32 Å². The molecule has 78 valence electrons. The van der Waals surface area contributed by atoms with Crippen LogP contribution in [0.1, 0.15) is 22.8 Å². The normalized spacial score (nSPS) is 9.47. The fourth-order valence-corrected chi connectivity index (χ4v) is 1.25. The monoisotopic (exact) mass is 206 g/mol. The number of carbonyl (C=O) groups is 2. The number of nitroso groups, excluding NO2 is 1. The maximum Gasteiger partial charge on any atom is 0.221 e. The Bertz CT molecular complexity index is 427. The van der Waals surface area contributed by atoms with Gasteiger partial charge >= 0.3 is 0 Å². The van der Waals surface area contributed by atoms with Crippen LogP contribution in [0, 0.1) is 11.8 Å². The summed E-state index contributed by atoms with van der Waals surface area (Å²) in [6.45, 7) is 3.00. The third-order valence-corrected chi connectivity index (χ3v) is 1.95. The van der Waals surface area contributed by atoms with Crippen LogP contribution >= 0.6 is 0 Å². The fourth-order valence-electron chi connectivity index (χ4n) is 1.25. The van der Waals surface area contributed by atoms with Crippen molar-refractivity contribution >= 4 is 23.6 Å². The number of anilines is 1. The van der Waals surface area contributed by atoms with Gasteiger partial charge < -0.3 is 5.32 Å². The molecule has 0 spiro atoms. The van der Waals surface area contributed by atoms with Gasteiger partial charge in [0.25, 0.3) is 0 Å². The first kappa shape index (κ1) is 11.0. The molecule has 0 unspecified atom stereocenters. The molecule has 0 saturated heterocycles. The summed E-state index contributed by atoms with van der Waals surface area (Å²) in [7, 11) is 0. The summed E-state index contributed by atoms with van der Waals surface area (Å²) in [6.07, 6.45) is 0.553. The van der Waals surface area contributed by atoms with Crippen LogP contribution in [0.25, 0.3) is 0 Å². The van der Waals surface area contributed by atoms with Crippen LogP contribution in [-0.4, -0.2) is 12.2 Å². The summed E-state index contributed by atoms with van der Waals surface area (Å²) in [5.41, 5.74) is 1.08. The average Bonchev–Trinajstić information content (AvgIpc) is 2.19. The van der Waals surface area contributed by atoms with Crippen molar-refractivity contribution in [3.63, 3.8) is 0 Å². The second-order valence-corrected chi connectivity index (χ2v) is 3.08. The van der Waals surface area contributed by atoms with Gasteiger partial charge in [-0.15, -0.1) is 4.91 Å². The van der Waals surface area contributed by atoms with E-state index in [0.717, 1.165) is 0 Å². The number of aldehydes is 1. The number of benzene rings is 1. The predicted molar refractivity (Wildman–Crippen MR) is 56.3 cm³/mol. The van der Waals surface area contributed by atoms with Gasteiger partial charge in [0.1, 0.15) is 5.69 Å². The molecule has 1 aromatic rings. The van der Waals surface area contributed by atoms with Crippen molar-refractivity contribution in [2.45, 2.75) is 13.8 Å². The summed E-state index contributed by atoms with van der Waals surface area (Å²) in [6, 6.07) is 3.18. The van der Waals surface area contributed by atoms with Crippen molar-refractivity contribution in [3.8, 4) is 0 Å². The van der Waals surface area contributed by atoms with Gasteiger partial charge in [0.2, 0.25) is 5.91 Å². The summed E-state index contributed by atoms with van der Waals surface area (Å²) >= 11 is 0. The van der Waals surface area contributed by atoms with E-state index in [9.17, 15) is 14.5 Å². The van der Waals surface area contributed by atoms with E-state index in [1.165, 1.54) is 6.92 Å². The SMILES string of the molecule is CC(=O)Nc1ccc(C)c(C=O)c1N=O. The van der Waals surface area contributed by atoms with Crippen LogP contribution in [-0.2, 0) is 4.79 Å². The second kappa shape index (κ2) is 4.45. The van der Waals surface area contributed by atoms with Gasteiger partial charge in [-0.2, -0.15) is 0 Å². The molecule has 0 bridgehead atoms. The van der Waals surface area contributed by atoms with E-state index in [1.54, 1.807) is 19.1 Å². The molecule has 1 amide bonds. The molecule has 15 heavy (non-hydrogen) atoms. The first-order chi connectivity index (χ1) is 7.10. The molecule has 1 aromatic carbocycles. The number of hydrogen-bond acceptors (Lipinski definition) is 4. The molecule has 1 rings (SSSR count). The highest BCUT2D eigenvalue weighted by atomic mass is 16.3. The van der Waals surface area contributed by atoms with Crippen molar-refractivity contribution in [2.24, 2.45) is 5.18 Å². The third kappa shape index (κ3) is 2.25. The molecular formula is C10H10N2O3. The molecule has 0 fully saturated rings. The van der Waals surface area contributed by atoms with Gasteiger partial charge in [-0.05, 0) is 23.7 Å². The highest BCUT2D eigenvalue weighted by Crippen LogP contribution is 2.30.